The van der Waals surface area contributed by atoms with Gasteiger partial charge in [0.25, 0.3) is 0 Å². The Kier molecular flexibility index (Phi) is 8.02. The van der Waals surface area contributed by atoms with Gasteiger partial charge in [-0.25, -0.2) is 19.0 Å². The van der Waals surface area contributed by atoms with Crippen molar-refractivity contribution in [3.8, 4) is 5.69 Å². The van der Waals surface area contributed by atoms with Gasteiger partial charge in [0, 0.05) is 30.0 Å². The van der Waals surface area contributed by atoms with Crippen LogP contribution in [-0.2, 0) is 11.3 Å². The number of halogens is 2. The fourth-order valence-corrected chi connectivity index (χ4v) is 4.10. The van der Waals surface area contributed by atoms with Crippen molar-refractivity contribution < 1.29 is 9.18 Å². The van der Waals surface area contributed by atoms with E-state index in [0.29, 0.717) is 29.9 Å². The molecule has 0 aliphatic carbocycles. The molecule has 0 saturated carbocycles. The van der Waals surface area contributed by atoms with Crippen LogP contribution in [0.25, 0.3) is 16.7 Å². The van der Waals surface area contributed by atoms with Crippen LogP contribution in [0.3, 0.4) is 0 Å². The number of rotatable bonds is 5. The number of anilines is 1. The molecule has 0 unspecified atom stereocenters. The molecule has 4 heterocycles. The molecule has 182 valence electrons. The lowest BCUT2D eigenvalue weighted by molar-refractivity contribution is -0.109. The van der Waals surface area contributed by atoms with Crippen LogP contribution < -0.4 is 10.2 Å². The average molecular weight is 540 g/mol. The first kappa shape index (κ1) is 24.7. The number of pyridine rings is 1. The van der Waals surface area contributed by atoms with Gasteiger partial charge in [0.2, 0.25) is 6.41 Å². The number of fused-ring (bicyclic) bond motifs is 1. The highest BCUT2D eigenvalue weighted by Gasteiger charge is 2.17. The van der Waals surface area contributed by atoms with Gasteiger partial charge in [-0.3, -0.25) is 9.78 Å². The van der Waals surface area contributed by atoms with E-state index in [-0.39, 0.29) is 5.82 Å². The fourth-order valence-electron chi connectivity index (χ4n) is 3.88. The number of nitrogens with zero attached hydrogens (tertiary/aromatic N) is 6. The zero-order chi connectivity index (χ0) is 24.8. The Hall–Kier alpha value is -3.40. The molecule has 0 atom stereocenters. The zero-order valence-corrected chi connectivity index (χ0v) is 21.3. The first-order valence-corrected chi connectivity index (χ1v) is 12.3. The van der Waals surface area contributed by atoms with Gasteiger partial charge in [0.05, 0.1) is 23.3 Å². The predicted molar refractivity (Wildman–Crippen MR) is 137 cm³/mol. The maximum Gasteiger partial charge on any atom is 0.207 e. The van der Waals surface area contributed by atoms with Crippen LogP contribution in [0.5, 0.6) is 0 Å². The van der Waals surface area contributed by atoms with Crippen molar-refractivity contribution in [3.05, 3.63) is 70.1 Å². The minimum atomic E-state index is -0.232. The van der Waals surface area contributed by atoms with Crippen molar-refractivity contribution in [1.29, 1.82) is 0 Å². The molecule has 0 bridgehead atoms. The van der Waals surface area contributed by atoms with Crippen molar-refractivity contribution in [2.75, 3.05) is 18.0 Å². The molecule has 35 heavy (non-hydrogen) atoms. The van der Waals surface area contributed by atoms with E-state index in [2.05, 4.69) is 46.2 Å². The largest absolute Gasteiger partial charge is 0.356 e. The molecule has 0 spiro atoms. The smallest absolute Gasteiger partial charge is 0.207 e. The second-order valence-corrected chi connectivity index (χ2v) is 9.27. The molecule has 3 aromatic heterocycles. The fraction of sp³-hybridized carbons (Fsp3) is 0.320. The Bertz CT molecular complexity index is 1320. The lowest BCUT2D eigenvalue weighted by Crippen LogP contribution is -2.30. The summed E-state index contributed by atoms with van der Waals surface area (Å²) in [4.78, 5) is 25.1. The summed E-state index contributed by atoms with van der Waals surface area (Å²) < 4.78 is 16.5. The van der Waals surface area contributed by atoms with E-state index in [1.807, 2.05) is 25.3 Å². The van der Waals surface area contributed by atoms with E-state index in [1.165, 1.54) is 25.3 Å². The number of hydrogen-bond donors (Lipinski definition) is 1. The van der Waals surface area contributed by atoms with Gasteiger partial charge in [-0.2, -0.15) is 0 Å². The van der Waals surface area contributed by atoms with Crippen molar-refractivity contribution in [2.24, 2.45) is 0 Å². The minimum Gasteiger partial charge on any atom is -0.356 e. The topological polar surface area (TPSA) is 88.8 Å². The highest BCUT2D eigenvalue weighted by molar-refractivity contribution is 9.10. The van der Waals surface area contributed by atoms with Crippen molar-refractivity contribution in [1.82, 2.24) is 30.0 Å². The molecule has 1 amide bonds. The van der Waals surface area contributed by atoms with E-state index < -0.39 is 0 Å². The van der Waals surface area contributed by atoms with E-state index in [9.17, 15) is 9.18 Å². The maximum absolute atomic E-state index is 13.8. The van der Waals surface area contributed by atoms with Crippen molar-refractivity contribution in [2.45, 2.75) is 39.7 Å². The quantitative estimate of drug-likeness (QED) is 0.371. The normalized spacial score (nSPS) is 13.3. The number of hydrogen-bond acceptors (Lipinski definition) is 6. The number of amides is 1. The number of piperidine rings is 1. The molecule has 1 fully saturated rings. The maximum atomic E-state index is 13.8. The van der Waals surface area contributed by atoms with Gasteiger partial charge in [0.1, 0.15) is 18.0 Å². The summed E-state index contributed by atoms with van der Waals surface area (Å²) in [5.41, 5.74) is 3.94. The molecule has 5 rings (SSSR count). The zero-order valence-electron chi connectivity index (χ0n) is 19.7. The second kappa shape index (κ2) is 11.4. The summed E-state index contributed by atoms with van der Waals surface area (Å²) in [5.74, 6) is 0.693. The number of carbonyl (C=O) groups excluding carboxylic acids is 1. The highest BCUT2D eigenvalue weighted by Crippen LogP contribution is 2.26. The van der Waals surface area contributed by atoms with Crippen LogP contribution in [0.2, 0.25) is 0 Å². The number of aryl methyl sites for hydroxylation is 2. The summed E-state index contributed by atoms with van der Waals surface area (Å²) in [7, 11) is 0. The van der Waals surface area contributed by atoms with E-state index in [4.69, 9.17) is 0 Å². The van der Waals surface area contributed by atoms with Crippen LogP contribution >= 0.6 is 15.9 Å². The van der Waals surface area contributed by atoms with Gasteiger partial charge >= 0.3 is 0 Å². The highest BCUT2D eigenvalue weighted by atomic mass is 79.9. The number of nitrogens with one attached hydrogen (secondary N) is 1. The van der Waals surface area contributed by atoms with Crippen LogP contribution in [0.1, 0.15) is 36.1 Å². The number of carbonyl (C=O) groups is 1. The summed E-state index contributed by atoms with van der Waals surface area (Å²) in [6, 6.07) is 7.04. The van der Waals surface area contributed by atoms with Gasteiger partial charge in [0.15, 0.2) is 5.65 Å². The molecule has 4 aromatic rings. The second-order valence-electron chi connectivity index (χ2n) is 8.41. The molecule has 1 aliphatic rings. The summed E-state index contributed by atoms with van der Waals surface area (Å²) >= 11 is 3.35. The van der Waals surface area contributed by atoms with Crippen LogP contribution in [0.15, 0.2) is 47.5 Å². The standard InChI is InChI=1S/C17H18FN5.C8H9BrN2O/c1-12-5-6-13(9-15(12)18)23-10-14-16(21-23)19-11-20-17(14)22-7-3-2-4-8-22;1-6-2-7(3-10-5-12)11-4-8(6)9/h5-6,9-11H,2-4,7-8H2,1H3;2,4-5H,3H2,1H3,(H,10,12). The molecule has 0 radical (unpaired) electrons. The third kappa shape index (κ3) is 6.00. The average Bonchev–Trinajstić information content (AvgIpc) is 3.32. The Morgan fingerprint density at radius 2 is 1.89 bits per heavy atom. The SMILES string of the molecule is Cc1cc(CNC=O)ncc1Br.Cc1ccc(-n2cc3c(N4CCCCC4)ncnc3n2)cc1F. The Balaban J connectivity index is 0.000000204. The third-order valence-corrected chi connectivity index (χ3v) is 6.67. The molecule has 1 saturated heterocycles. The minimum absolute atomic E-state index is 0.232. The Labute approximate surface area is 211 Å². The molecular formula is C25H27BrFN7O. The first-order valence-electron chi connectivity index (χ1n) is 11.5. The first-order chi connectivity index (χ1) is 17.0. The van der Waals surface area contributed by atoms with Crippen molar-refractivity contribution in [3.63, 3.8) is 0 Å². The van der Waals surface area contributed by atoms with E-state index in [1.54, 1.807) is 30.2 Å². The number of benzene rings is 1. The Morgan fingerprint density at radius 1 is 1.09 bits per heavy atom. The van der Waals surface area contributed by atoms with Gasteiger partial charge < -0.3 is 10.2 Å². The Morgan fingerprint density at radius 3 is 2.60 bits per heavy atom. The van der Waals surface area contributed by atoms with Crippen LogP contribution in [0, 0.1) is 19.7 Å². The third-order valence-electron chi connectivity index (χ3n) is 5.84. The molecule has 1 N–H and O–H groups in total. The van der Waals surface area contributed by atoms with E-state index in [0.717, 1.165) is 40.0 Å². The molecule has 8 nitrogen and oxygen atoms in total. The van der Waals surface area contributed by atoms with Crippen LogP contribution in [-0.4, -0.2) is 44.2 Å². The summed E-state index contributed by atoms with van der Waals surface area (Å²) in [5, 5.41) is 7.95. The summed E-state index contributed by atoms with van der Waals surface area (Å²) in [6.45, 7) is 6.24. The molecule has 1 aromatic carbocycles. The predicted octanol–water partition coefficient (Wildman–Crippen LogP) is 4.65. The van der Waals surface area contributed by atoms with Crippen LogP contribution in [0.4, 0.5) is 10.2 Å². The van der Waals surface area contributed by atoms with Gasteiger partial charge in [-0.1, -0.05) is 6.07 Å². The van der Waals surface area contributed by atoms with Gasteiger partial charge in [-0.05, 0) is 78.4 Å². The molecular weight excluding hydrogens is 513 g/mol. The van der Waals surface area contributed by atoms with Gasteiger partial charge in [-0.15, -0.1) is 5.10 Å². The lowest BCUT2D eigenvalue weighted by Gasteiger charge is -2.27. The van der Waals surface area contributed by atoms with Crippen molar-refractivity contribution >= 4 is 39.2 Å². The molecule has 10 heteroatoms. The summed E-state index contributed by atoms with van der Waals surface area (Å²) in [6.07, 6.45) is 9.48. The molecule has 1 aliphatic heterocycles. The lowest BCUT2D eigenvalue weighted by atomic mass is 10.1. The monoisotopic (exact) mass is 539 g/mol. The van der Waals surface area contributed by atoms with E-state index >= 15 is 0 Å². The number of aromatic nitrogens is 5.